The van der Waals surface area contributed by atoms with Crippen molar-refractivity contribution in [3.05, 3.63) is 11.9 Å². The van der Waals surface area contributed by atoms with Gasteiger partial charge in [0.2, 0.25) is 5.91 Å². The highest BCUT2D eigenvalue weighted by Crippen LogP contribution is 2.10. The Morgan fingerprint density at radius 2 is 2.45 bits per heavy atom. The van der Waals surface area contributed by atoms with Crippen LogP contribution in [-0.2, 0) is 22.6 Å². The lowest BCUT2D eigenvalue weighted by Gasteiger charge is -2.10. The van der Waals surface area contributed by atoms with Crippen molar-refractivity contribution in [2.75, 3.05) is 13.2 Å². The van der Waals surface area contributed by atoms with E-state index in [1.807, 2.05) is 0 Å². The van der Waals surface area contributed by atoms with Crippen LogP contribution in [0.3, 0.4) is 0 Å². The summed E-state index contributed by atoms with van der Waals surface area (Å²) in [5.74, 6) is -0.0613. The van der Waals surface area contributed by atoms with E-state index in [1.165, 1.54) is 0 Å². The van der Waals surface area contributed by atoms with E-state index in [4.69, 9.17) is 4.74 Å². The van der Waals surface area contributed by atoms with Crippen molar-refractivity contribution in [3.63, 3.8) is 0 Å². The molecule has 1 saturated heterocycles. The largest absolute Gasteiger partial charge is 0.376 e. The van der Waals surface area contributed by atoms with Gasteiger partial charge in [0.1, 0.15) is 6.54 Å². The molecule has 112 valence electrons. The molecule has 1 amide bonds. The topological polar surface area (TPSA) is 81.1 Å². The number of hydrogen-bond donors (Lipinski definition) is 2. The van der Waals surface area contributed by atoms with Gasteiger partial charge in [-0.15, -0.1) is 5.10 Å². The standard InChI is InChI=1S/C13H23N5O2/c1-10(2)14-6-11-8-18(17-16-11)9-13(19)15-7-12-4-3-5-20-12/h8,10,12,14H,3-7,9H2,1-2H3,(H,15,19). The number of amides is 1. The summed E-state index contributed by atoms with van der Waals surface area (Å²) in [6.07, 6.45) is 4.06. The first-order chi connectivity index (χ1) is 9.63. The van der Waals surface area contributed by atoms with E-state index in [9.17, 15) is 4.79 Å². The van der Waals surface area contributed by atoms with Gasteiger partial charge >= 0.3 is 0 Å². The number of carbonyl (C=O) groups is 1. The molecule has 7 heteroatoms. The van der Waals surface area contributed by atoms with Crippen LogP contribution in [0.5, 0.6) is 0 Å². The number of ether oxygens (including phenoxy) is 1. The molecule has 1 aliphatic heterocycles. The third-order valence-corrected chi connectivity index (χ3v) is 3.13. The molecule has 20 heavy (non-hydrogen) atoms. The minimum absolute atomic E-state index is 0.0613. The molecule has 0 saturated carbocycles. The van der Waals surface area contributed by atoms with Crippen LogP contribution in [0.4, 0.5) is 0 Å². The van der Waals surface area contributed by atoms with Gasteiger partial charge in [0, 0.05) is 25.7 Å². The molecular formula is C13H23N5O2. The Balaban J connectivity index is 1.70. The van der Waals surface area contributed by atoms with E-state index < -0.39 is 0 Å². The van der Waals surface area contributed by atoms with Crippen LogP contribution < -0.4 is 10.6 Å². The normalized spacial score (nSPS) is 18.6. The van der Waals surface area contributed by atoms with Crippen molar-refractivity contribution in [1.29, 1.82) is 0 Å². The highest BCUT2D eigenvalue weighted by Gasteiger charge is 2.16. The summed E-state index contributed by atoms with van der Waals surface area (Å²) in [6, 6.07) is 0.398. The molecule has 2 heterocycles. The Bertz CT molecular complexity index is 426. The molecular weight excluding hydrogens is 258 g/mol. The average molecular weight is 281 g/mol. The first kappa shape index (κ1) is 14.9. The van der Waals surface area contributed by atoms with Crippen LogP contribution in [0.15, 0.2) is 6.20 Å². The molecule has 2 N–H and O–H groups in total. The summed E-state index contributed by atoms with van der Waals surface area (Å²) >= 11 is 0. The SMILES string of the molecule is CC(C)NCc1cn(CC(=O)NCC2CCCO2)nn1. The highest BCUT2D eigenvalue weighted by atomic mass is 16.5. The summed E-state index contributed by atoms with van der Waals surface area (Å²) in [7, 11) is 0. The second kappa shape index (κ2) is 7.35. The Hall–Kier alpha value is -1.47. The van der Waals surface area contributed by atoms with Crippen molar-refractivity contribution in [3.8, 4) is 0 Å². The number of aromatic nitrogens is 3. The summed E-state index contributed by atoms with van der Waals surface area (Å²) in [5.41, 5.74) is 0.839. The van der Waals surface area contributed by atoms with Gasteiger partial charge in [0.25, 0.3) is 0 Å². The first-order valence-electron chi connectivity index (χ1n) is 7.14. The molecule has 0 spiro atoms. The van der Waals surface area contributed by atoms with Gasteiger partial charge in [-0.3, -0.25) is 4.79 Å². The van der Waals surface area contributed by atoms with Crippen LogP contribution in [0, 0.1) is 0 Å². The summed E-state index contributed by atoms with van der Waals surface area (Å²) in [5, 5.41) is 14.1. The van der Waals surface area contributed by atoms with Gasteiger partial charge in [-0.25, -0.2) is 4.68 Å². The van der Waals surface area contributed by atoms with Crippen LogP contribution in [0.1, 0.15) is 32.4 Å². The van der Waals surface area contributed by atoms with E-state index in [1.54, 1.807) is 10.9 Å². The lowest BCUT2D eigenvalue weighted by atomic mass is 10.2. The zero-order chi connectivity index (χ0) is 14.4. The van der Waals surface area contributed by atoms with Crippen LogP contribution in [0.25, 0.3) is 0 Å². The summed E-state index contributed by atoms with van der Waals surface area (Å²) in [6.45, 7) is 6.38. The highest BCUT2D eigenvalue weighted by molar-refractivity contribution is 5.75. The average Bonchev–Trinajstić information content (AvgIpc) is 3.05. The molecule has 1 fully saturated rings. The Morgan fingerprint density at radius 3 is 3.15 bits per heavy atom. The maximum absolute atomic E-state index is 11.8. The summed E-state index contributed by atoms with van der Waals surface area (Å²) < 4.78 is 7.01. The van der Waals surface area contributed by atoms with Crippen molar-refractivity contribution >= 4 is 5.91 Å². The molecule has 1 unspecified atom stereocenters. The number of rotatable bonds is 7. The monoisotopic (exact) mass is 281 g/mol. The van der Waals surface area contributed by atoms with Crippen molar-refractivity contribution < 1.29 is 9.53 Å². The van der Waals surface area contributed by atoms with E-state index in [0.717, 1.165) is 25.1 Å². The van der Waals surface area contributed by atoms with Gasteiger partial charge in [-0.05, 0) is 12.8 Å². The maximum Gasteiger partial charge on any atom is 0.241 e. The quantitative estimate of drug-likeness (QED) is 0.739. The predicted octanol–water partition coefficient (Wildman–Crippen LogP) is 0.0713. The minimum Gasteiger partial charge on any atom is -0.376 e. The fourth-order valence-electron chi connectivity index (χ4n) is 2.04. The minimum atomic E-state index is -0.0613. The third-order valence-electron chi connectivity index (χ3n) is 3.13. The first-order valence-corrected chi connectivity index (χ1v) is 7.14. The van der Waals surface area contributed by atoms with Crippen molar-refractivity contribution in [2.24, 2.45) is 0 Å². The van der Waals surface area contributed by atoms with E-state index in [0.29, 0.717) is 19.1 Å². The van der Waals surface area contributed by atoms with Gasteiger partial charge < -0.3 is 15.4 Å². The number of nitrogens with one attached hydrogen (secondary N) is 2. The number of nitrogens with zero attached hydrogens (tertiary/aromatic N) is 3. The molecule has 7 nitrogen and oxygen atoms in total. The van der Waals surface area contributed by atoms with Gasteiger partial charge in [0.15, 0.2) is 0 Å². The van der Waals surface area contributed by atoms with E-state index in [2.05, 4.69) is 34.8 Å². The molecule has 2 rings (SSSR count). The fraction of sp³-hybridized carbons (Fsp3) is 0.769. The lowest BCUT2D eigenvalue weighted by Crippen LogP contribution is -2.34. The zero-order valence-electron chi connectivity index (χ0n) is 12.1. The van der Waals surface area contributed by atoms with Crippen molar-refractivity contribution in [1.82, 2.24) is 25.6 Å². The second-order valence-electron chi connectivity index (χ2n) is 5.38. The zero-order valence-corrected chi connectivity index (χ0v) is 12.1. The maximum atomic E-state index is 11.8. The van der Waals surface area contributed by atoms with Gasteiger partial charge in [0.05, 0.1) is 18.0 Å². The molecule has 1 aliphatic rings. The van der Waals surface area contributed by atoms with Gasteiger partial charge in [-0.1, -0.05) is 19.1 Å². The smallest absolute Gasteiger partial charge is 0.241 e. The molecule has 0 radical (unpaired) electrons. The molecule has 1 atom stereocenters. The fourth-order valence-corrected chi connectivity index (χ4v) is 2.04. The Morgan fingerprint density at radius 1 is 1.60 bits per heavy atom. The second-order valence-corrected chi connectivity index (χ2v) is 5.38. The number of carbonyl (C=O) groups excluding carboxylic acids is 1. The molecule has 0 bridgehead atoms. The molecule has 0 aliphatic carbocycles. The third kappa shape index (κ3) is 4.90. The van der Waals surface area contributed by atoms with Crippen LogP contribution in [0.2, 0.25) is 0 Å². The van der Waals surface area contributed by atoms with Gasteiger partial charge in [-0.2, -0.15) is 0 Å². The number of hydrogen-bond acceptors (Lipinski definition) is 5. The molecule has 1 aromatic rings. The van der Waals surface area contributed by atoms with E-state index >= 15 is 0 Å². The molecule has 1 aromatic heterocycles. The van der Waals surface area contributed by atoms with E-state index in [-0.39, 0.29) is 18.6 Å². The molecule has 0 aromatic carbocycles. The van der Waals surface area contributed by atoms with Crippen LogP contribution in [-0.4, -0.2) is 46.2 Å². The predicted molar refractivity (Wildman–Crippen MR) is 74.0 cm³/mol. The Kier molecular flexibility index (Phi) is 5.49. The Labute approximate surface area is 119 Å². The lowest BCUT2D eigenvalue weighted by molar-refractivity contribution is -0.122. The van der Waals surface area contributed by atoms with Crippen molar-refractivity contribution in [2.45, 2.75) is 51.9 Å². The summed E-state index contributed by atoms with van der Waals surface area (Å²) in [4.78, 5) is 11.8. The van der Waals surface area contributed by atoms with Crippen LogP contribution >= 0.6 is 0 Å².